The van der Waals surface area contributed by atoms with Crippen LogP contribution in [-0.4, -0.2) is 16.1 Å². The number of aryl methyl sites for hydroxylation is 1. The summed E-state index contributed by atoms with van der Waals surface area (Å²) in [5.41, 5.74) is 3.82. The highest BCUT2D eigenvalue weighted by molar-refractivity contribution is 5.04. The Kier molecular flexibility index (Phi) is 3.03. The Labute approximate surface area is 77.8 Å². The van der Waals surface area contributed by atoms with Crippen LogP contribution in [0.25, 0.3) is 0 Å². The second-order valence-electron chi connectivity index (χ2n) is 3.35. The molecule has 0 saturated carbocycles. The number of nitrogens with zero attached hydrogens (tertiary/aromatic N) is 2. The minimum Gasteiger partial charge on any atom is -0.332 e. The molecule has 3 nitrogen and oxygen atoms in total. The highest BCUT2D eigenvalue weighted by Gasteiger charge is 2.28. The second kappa shape index (κ2) is 3.87. The molecule has 1 atom stereocenters. The molecule has 0 aromatic carbocycles. The van der Waals surface area contributed by atoms with Gasteiger partial charge in [0.25, 0.3) is 0 Å². The molecule has 0 spiro atoms. The molecule has 0 saturated heterocycles. The van der Waals surface area contributed by atoms with Gasteiger partial charge in [0.05, 0.1) is 0 Å². The summed E-state index contributed by atoms with van der Waals surface area (Å²) in [6.07, 6.45) is 4.36. The van der Waals surface area contributed by atoms with Gasteiger partial charge in [-0.3, -0.25) is 0 Å². The van der Waals surface area contributed by atoms with Gasteiger partial charge in [0.2, 0.25) is 0 Å². The molecule has 1 aromatic rings. The van der Waals surface area contributed by atoms with Crippen molar-refractivity contribution in [3.8, 4) is 0 Å². The topological polar surface area (TPSA) is 43.8 Å². The molecule has 74 valence electrons. The molecule has 0 aliphatic heterocycles. The second-order valence-corrected chi connectivity index (χ2v) is 3.35. The summed E-state index contributed by atoms with van der Waals surface area (Å²) in [5.74, 6) is 0.428. The van der Waals surface area contributed by atoms with Crippen molar-refractivity contribution >= 4 is 0 Å². The molecular weight excluding hydrogens is 169 g/mol. The first kappa shape index (κ1) is 10.2. The molecule has 0 aliphatic rings. The van der Waals surface area contributed by atoms with Crippen LogP contribution in [0.1, 0.15) is 26.1 Å². The van der Waals surface area contributed by atoms with Gasteiger partial charge in [-0.25, -0.2) is 9.37 Å². The van der Waals surface area contributed by atoms with Crippen molar-refractivity contribution in [1.29, 1.82) is 0 Å². The average Bonchev–Trinajstić information content (AvgIpc) is 2.54. The first-order valence-electron chi connectivity index (χ1n) is 4.52. The van der Waals surface area contributed by atoms with E-state index in [1.807, 2.05) is 11.5 Å². The van der Waals surface area contributed by atoms with Crippen molar-refractivity contribution in [1.82, 2.24) is 9.55 Å². The van der Waals surface area contributed by atoms with Crippen LogP contribution in [0.4, 0.5) is 4.39 Å². The zero-order valence-corrected chi connectivity index (χ0v) is 8.13. The predicted molar refractivity (Wildman–Crippen MR) is 50.0 cm³/mol. The van der Waals surface area contributed by atoms with Gasteiger partial charge in [-0.15, -0.1) is 0 Å². The summed E-state index contributed by atoms with van der Waals surface area (Å²) >= 11 is 0. The van der Waals surface area contributed by atoms with Crippen molar-refractivity contribution in [3.05, 3.63) is 18.2 Å². The number of hydrogen-bond acceptors (Lipinski definition) is 2. The molecule has 0 bridgehead atoms. The van der Waals surface area contributed by atoms with Gasteiger partial charge in [-0.2, -0.15) is 0 Å². The summed E-state index contributed by atoms with van der Waals surface area (Å²) in [6, 6.07) is 0. The van der Waals surface area contributed by atoms with Crippen LogP contribution in [0.5, 0.6) is 0 Å². The third-order valence-corrected chi connectivity index (χ3v) is 2.03. The van der Waals surface area contributed by atoms with Gasteiger partial charge in [-0.05, 0) is 13.3 Å². The van der Waals surface area contributed by atoms with E-state index in [0.29, 0.717) is 5.82 Å². The third kappa shape index (κ3) is 2.06. The fraction of sp³-hybridized carbons (Fsp3) is 0.667. The molecule has 1 heterocycles. The molecule has 13 heavy (non-hydrogen) atoms. The Hall–Kier alpha value is -0.900. The summed E-state index contributed by atoms with van der Waals surface area (Å²) in [7, 11) is 0. The van der Waals surface area contributed by atoms with Gasteiger partial charge in [0.15, 0.2) is 5.67 Å². The maximum atomic E-state index is 13.8. The van der Waals surface area contributed by atoms with Crippen molar-refractivity contribution in [2.45, 2.75) is 32.5 Å². The van der Waals surface area contributed by atoms with Gasteiger partial charge in [-0.1, -0.05) is 6.92 Å². The van der Waals surface area contributed by atoms with Crippen LogP contribution in [0.2, 0.25) is 0 Å². The van der Waals surface area contributed by atoms with Crippen molar-refractivity contribution in [3.63, 3.8) is 0 Å². The van der Waals surface area contributed by atoms with E-state index in [9.17, 15) is 4.39 Å². The standard InChI is InChI=1S/C9H16FN3/c1-3-5-13-6-4-12-8(13)9(2,10)7-11/h4,6H,3,5,7,11H2,1-2H3. The summed E-state index contributed by atoms with van der Waals surface area (Å²) in [4.78, 5) is 3.99. The number of halogens is 1. The Morgan fingerprint density at radius 3 is 2.92 bits per heavy atom. The van der Waals surface area contributed by atoms with E-state index in [-0.39, 0.29) is 6.54 Å². The number of hydrogen-bond donors (Lipinski definition) is 1. The van der Waals surface area contributed by atoms with E-state index in [2.05, 4.69) is 4.98 Å². The highest BCUT2D eigenvalue weighted by atomic mass is 19.1. The van der Waals surface area contributed by atoms with Crippen molar-refractivity contribution in [2.24, 2.45) is 5.73 Å². The summed E-state index contributed by atoms with van der Waals surface area (Å²) in [5, 5.41) is 0. The molecule has 2 N–H and O–H groups in total. The van der Waals surface area contributed by atoms with Gasteiger partial charge < -0.3 is 10.3 Å². The average molecular weight is 185 g/mol. The Morgan fingerprint density at radius 2 is 2.38 bits per heavy atom. The number of alkyl halides is 1. The first-order chi connectivity index (χ1) is 6.11. The quantitative estimate of drug-likeness (QED) is 0.771. The largest absolute Gasteiger partial charge is 0.332 e. The molecule has 1 rings (SSSR count). The lowest BCUT2D eigenvalue weighted by atomic mass is 10.1. The zero-order chi connectivity index (χ0) is 9.90. The van der Waals surface area contributed by atoms with Gasteiger partial charge in [0.1, 0.15) is 5.82 Å². The summed E-state index contributed by atoms with van der Waals surface area (Å²) in [6.45, 7) is 4.26. The number of rotatable bonds is 4. The van der Waals surface area contributed by atoms with Crippen molar-refractivity contribution in [2.75, 3.05) is 6.54 Å². The van der Waals surface area contributed by atoms with Crippen LogP contribution in [0.3, 0.4) is 0 Å². The SMILES string of the molecule is CCCn1ccnc1C(C)(F)CN. The fourth-order valence-corrected chi connectivity index (χ4v) is 1.28. The number of nitrogens with two attached hydrogens (primary N) is 1. The lowest BCUT2D eigenvalue weighted by molar-refractivity contribution is 0.182. The van der Waals surface area contributed by atoms with Crippen LogP contribution < -0.4 is 5.73 Å². The van der Waals surface area contributed by atoms with Crippen LogP contribution in [0, 0.1) is 0 Å². The highest BCUT2D eigenvalue weighted by Crippen LogP contribution is 2.22. The predicted octanol–water partition coefficient (Wildman–Crippen LogP) is 1.44. The molecule has 0 radical (unpaired) electrons. The molecular formula is C9H16FN3. The maximum Gasteiger partial charge on any atom is 0.177 e. The first-order valence-corrected chi connectivity index (χ1v) is 4.52. The third-order valence-electron chi connectivity index (χ3n) is 2.03. The van der Waals surface area contributed by atoms with E-state index < -0.39 is 5.67 Å². The minimum absolute atomic E-state index is 0.0340. The molecule has 4 heteroatoms. The van der Waals surface area contributed by atoms with E-state index >= 15 is 0 Å². The Balaban J connectivity index is 2.93. The van der Waals surface area contributed by atoms with E-state index in [4.69, 9.17) is 5.73 Å². The summed E-state index contributed by atoms with van der Waals surface area (Å²) < 4.78 is 15.6. The Morgan fingerprint density at radius 1 is 1.69 bits per heavy atom. The molecule has 1 unspecified atom stereocenters. The smallest absolute Gasteiger partial charge is 0.177 e. The van der Waals surface area contributed by atoms with E-state index in [1.165, 1.54) is 6.92 Å². The van der Waals surface area contributed by atoms with Crippen molar-refractivity contribution < 1.29 is 4.39 Å². The fourth-order valence-electron chi connectivity index (χ4n) is 1.28. The normalized spacial score (nSPS) is 15.7. The molecule has 0 aliphatic carbocycles. The lowest BCUT2D eigenvalue weighted by Gasteiger charge is -2.18. The van der Waals surface area contributed by atoms with Crippen LogP contribution in [-0.2, 0) is 12.2 Å². The zero-order valence-electron chi connectivity index (χ0n) is 8.13. The molecule has 0 amide bonds. The minimum atomic E-state index is -1.52. The Bertz CT molecular complexity index is 268. The maximum absolute atomic E-state index is 13.8. The van der Waals surface area contributed by atoms with Gasteiger partial charge >= 0.3 is 0 Å². The van der Waals surface area contributed by atoms with E-state index in [0.717, 1.165) is 13.0 Å². The molecule has 0 fully saturated rings. The van der Waals surface area contributed by atoms with Gasteiger partial charge in [0, 0.05) is 25.5 Å². The lowest BCUT2D eigenvalue weighted by Crippen LogP contribution is -2.30. The van der Waals surface area contributed by atoms with Crippen LogP contribution in [0.15, 0.2) is 12.4 Å². The monoisotopic (exact) mass is 185 g/mol. The number of aromatic nitrogens is 2. The number of imidazole rings is 1. The van der Waals surface area contributed by atoms with E-state index in [1.54, 1.807) is 12.4 Å². The molecule has 1 aromatic heterocycles. The van der Waals surface area contributed by atoms with Crippen LogP contribution >= 0.6 is 0 Å².